The SMILES string of the molecule is CC1=C(C(=O)O)C(c2ccc(C#N)cc2CCCN(C)C)N(C(N)=O)C(N)=[N+]1c1cccc(C(C)(F)F)c1. The van der Waals surface area contributed by atoms with Crippen LogP contribution in [0.2, 0.25) is 0 Å². The number of hydrogen-bond acceptors (Lipinski definition) is 5. The molecule has 3 rings (SSSR count). The van der Waals surface area contributed by atoms with E-state index in [0.29, 0.717) is 29.5 Å². The van der Waals surface area contributed by atoms with Crippen LogP contribution in [-0.2, 0) is 17.1 Å². The zero-order valence-corrected chi connectivity index (χ0v) is 21.7. The van der Waals surface area contributed by atoms with Gasteiger partial charge in [-0.25, -0.2) is 22.9 Å². The van der Waals surface area contributed by atoms with Gasteiger partial charge in [0, 0.05) is 12.5 Å². The van der Waals surface area contributed by atoms with Crippen LogP contribution in [0.5, 0.6) is 0 Å². The van der Waals surface area contributed by atoms with Crippen LogP contribution >= 0.6 is 0 Å². The summed E-state index contributed by atoms with van der Waals surface area (Å²) in [6, 6.07) is 9.96. The summed E-state index contributed by atoms with van der Waals surface area (Å²) in [6.07, 6.45) is 1.20. The van der Waals surface area contributed by atoms with Gasteiger partial charge in [0.1, 0.15) is 17.3 Å². The first-order valence-corrected chi connectivity index (χ1v) is 11.9. The number of carbonyl (C=O) groups excluding carboxylic acids is 1. The molecular weight excluding hydrogens is 494 g/mol. The second-order valence-electron chi connectivity index (χ2n) is 9.48. The predicted molar refractivity (Wildman–Crippen MR) is 138 cm³/mol. The van der Waals surface area contributed by atoms with Gasteiger partial charge >= 0.3 is 18.0 Å². The summed E-state index contributed by atoms with van der Waals surface area (Å²) >= 11 is 0. The van der Waals surface area contributed by atoms with Crippen molar-refractivity contribution in [1.82, 2.24) is 9.80 Å². The molecule has 0 aliphatic carbocycles. The number of amides is 2. The Balaban J connectivity index is 2.28. The van der Waals surface area contributed by atoms with Gasteiger partial charge < -0.3 is 15.7 Å². The largest absolute Gasteiger partial charge is 0.478 e. The highest BCUT2D eigenvalue weighted by molar-refractivity contribution is 5.99. The molecule has 1 aliphatic rings. The molecule has 9 nitrogen and oxygen atoms in total. The third kappa shape index (κ3) is 5.65. The Bertz CT molecular complexity index is 1370. The van der Waals surface area contributed by atoms with Crippen LogP contribution in [0.15, 0.2) is 53.7 Å². The predicted octanol–water partition coefficient (Wildman–Crippen LogP) is 3.62. The number of carboxylic acids is 1. The van der Waals surface area contributed by atoms with Crippen molar-refractivity contribution in [3.63, 3.8) is 0 Å². The molecular formula is C27H31F2N6O3+. The molecule has 0 aromatic heterocycles. The number of carboxylic acid groups (broad SMARTS) is 1. The molecule has 1 unspecified atom stereocenters. The van der Waals surface area contributed by atoms with Crippen molar-refractivity contribution >= 4 is 23.6 Å². The molecule has 2 aromatic carbocycles. The first-order valence-electron chi connectivity index (χ1n) is 11.9. The Labute approximate surface area is 219 Å². The Morgan fingerprint density at radius 3 is 2.47 bits per heavy atom. The van der Waals surface area contributed by atoms with E-state index in [9.17, 15) is 28.7 Å². The van der Waals surface area contributed by atoms with Gasteiger partial charge in [-0.2, -0.15) is 10.2 Å². The van der Waals surface area contributed by atoms with E-state index < -0.39 is 24.0 Å². The summed E-state index contributed by atoms with van der Waals surface area (Å²) in [7, 11) is 3.84. The van der Waals surface area contributed by atoms with Crippen LogP contribution in [0.4, 0.5) is 19.3 Å². The van der Waals surface area contributed by atoms with E-state index in [1.165, 1.54) is 41.8 Å². The Morgan fingerprint density at radius 2 is 1.92 bits per heavy atom. The lowest BCUT2D eigenvalue weighted by atomic mass is 9.88. The molecule has 0 saturated carbocycles. The fourth-order valence-electron chi connectivity index (χ4n) is 4.65. The molecule has 0 radical (unpaired) electrons. The Morgan fingerprint density at radius 1 is 1.24 bits per heavy atom. The van der Waals surface area contributed by atoms with Crippen LogP contribution in [0.25, 0.3) is 0 Å². The smallest absolute Gasteiger partial charge is 0.380 e. The van der Waals surface area contributed by atoms with Gasteiger partial charge in [0.25, 0.3) is 5.92 Å². The third-order valence-corrected chi connectivity index (χ3v) is 6.43. The number of halogens is 2. The highest BCUT2D eigenvalue weighted by Crippen LogP contribution is 2.39. The molecule has 0 saturated heterocycles. The van der Waals surface area contributed by atoms with Crippen LogP contribution in [0.3, 0.4) is 0 Å². The fourth-order valence-corrected chi connectivity index (χ4v) is 4.65. The van der Waals surface area contributed by atoms with Gasteiger partial charge in [0.2, 0.25) is 0 Å². The number of nitriles is 1. The maximum atomic E-state index is 14.1. The molecule has 200 valence electrons. The number of alkyl halides is 2. The van der Waals surface area contributed by atoms with Crippen molar-refractivity contribution in [2.45, 2.75) is 38.7 Å². The van der Waals surface area contributed by atoms with Crippen molar-refractivity contribution in [1.29, 1.82) is 5.26 Å². The maximum Gasteiger partial charge on any atom is 0.380 e. The average Bonchev–Trinajstić information content (AvgIpc) is 2.82. The number of aliphatic carboxylic acids is 1. The van der Waals surface area contributed by atoms with Crippen molar-refractivity contribution in [3.8, 4) is 6.07 Å². The van der Waals surface area contributed by atoms with Crippen molar-refractivity contribution in [3.05, 3.63) is 76.0 Å². The first-order chi connectivity index (χ1) is 17.8. The minimum absolute atomic E-state index is 0.137. The molecule has 11 heteroatoms. The van der Waals surface area contributed by atoms with Gasteiger partial charge in [-0.1, -0.05) is 18.2 Å². The molecule has 0 bridgehead atoms. The van der Waals surface area contributed by atoms with Gasteiger partial charge in [-0.05, 0) is 75.8 Å². The van der Waals surface area contributed by atoms with E-state index in [4.69, 9.17) is 11.5 Å². The molecule has 1 aliphatic heterocycles. The van der Waals surface area contributed by atoms with Crippen LogP contribution in [0, 0.1) is 11.3 Å². The number of carbonyl (C=O) groups is 2. The number of primary amides is 1. The number of nitrogens with zero attached hydrogens (tertiary/aromatic N) is 4. The van der Waals surface area contributed by atoms with E-state index in [2.05, 4.69) is 6.07 Å². The van der Waals surface area contributed by atoms with E-state index >= 15 is 0 Å². The number of aryl methyl sites for hydroxylation is 1. The number of urea groups is 1. The molecule has 2 amide bonds. The van der Waals surface area contributed by atoms with Gasteiger partial charge in [0.05, 0.1) is 17.3 Å². The lowest BCUT2D eigenvalue weighted by Gasteiger charge is -2.33. The summed E-state index contributed by atoms with van der Waals surface area (Å²) in [5, 5.41) is 19.8. The fraction of sp³-hybridized carbons (Fsp3) is 0.333. The summed E-state index contributed by atoms with van der Waals surface area (Å²) in [6.45, 7) is 2.98. The first kappa shape index (κ1) is 28.3. The number of guanidine groups is 1. The van der Waals surface area contributed by atoms with Gasteiger partial charge in [0.15, 0.2) is 0 Å². The van der Waals surface area contributed by atoms with Gasteiger partial charge in [-0.3, -0.25) is 5.73 Å². The number of allylic oxidation sites excluding steroid dienone is 1. The quantitative estimate of drug-likeness (QED) is 0.450. The second-order valence-corrected chi connectivity index (χ2v) is 9.48. The second kappa shape index (κ2) is 11.0. The van der Waals surface area contributed by atoms with Crippen molar-refractivity contribution in [2.24, 2.45) is 11.5 Å². The maximum absolute atomic E-state index is 14.1. The molecule has 5 N–H and O–H groups in total. The van der Waals surface area contributed by atoms with Gasteiger partial charge in [-0.15, -0.1) is 0 Å². The van der Waals surface area contributed by atoms with Crippen LogP contribution < -0.4 is 11.5 Å². The number of nitrogens with two attached hydrogens (primary N) is 2. The molecule has 0 fully saturated rings. The van der Waals surface area contributed by atoms with E-state index in [1.807, 2.05) is 19.0 Å². The number of rotatable bonds is 8. The standard InChI is InChI=1S/C27H30F2N6O3/c1-16-22(24(36)37)23(21-11-10-17(15-30)13-18(21)7-6-12-33(3)4)35(26(32)38)25(31)34(16)20-9-5-8-19(14-20)27(2,28)29/h5,8-11,13-14,23,31H,6-7,12H2,1-4H3,(H3,32,36,37,38)/p+1. The van der Waals surface area contributed by atoms with E-state index in [0.717, 1.165) is 18.4 Å². The summed E-state index contributed by atoms with van der Waals surface area (Å²) < 4.78 is 29.4. The highest BCUT2D eigenvalue weighted by atomic mass is 19.3. The zero-order valence-electron chi connectivity index (χ0n) is 21.7. The minimum Gasteiger partial charge on any atom is -0.478 e. The lowest BCUT2D eigenvalue weighted by molar-refractivity contribution is -0.396. The van der Waals surface area contributed by atoms with Crippen LogP contribution in [-0.4, -0.2) is 58.1 Å². The summed E-state index contributed by atoms with van der Waals surface area (Å²) in [5.74, 6) is -4.73. The third-order valence-electron chi connectivity index (χ3n) is 6.43. The summed E-state index contributed by atoms with van der Waals surface area (Å²) in [4.78, 5) is 28.4. The van der Waals surface area contributed by atoms with E-state index in [1.54, 1.807) is 12.1 Å². The number of hydrogen-bond donors (Lipinski definition) is 3. The normalized spacial score (nSPS) is 16.2. The Kier molecular flexibility index (Phi) is 8.17. The summed E-state index contributed by atoms with van der Waals surface area (Å²) in [5.41, 5.74) is 13.5. The zero-order chi connectivity index (χ0) is 28.4. The number of benzene rings is 2. The topological polar surface area (TPSA) is 140 Å². The molecule has 1 atom stereocenters. The molecule has 0 spiro atoms. The molecule has 1 heterocycles. The van der Waals surface area contributed by atoms with Crippen LogP contribution in [0.1, 0.15) is 48.6 Å². The Hall–Kier alpha value is -4.30. The lowest BCUT2D eigenvalue weighted by Crippen LogP contribution is -2.54. The van der Waals surface area contributed by atoms with Crippen molar-refractivity contribution in [2.75, 3.05) is 20.6 Å². The average molecular weight is 526 g/mol. The minimum atomic E-state index is -3.16. The monoisotopic (exact) mass is 525 g/mol. The highest BCUT2D eigenvalue weighted by Gasteiger charge is 2.46. The van der Waals surface area contributed by atoms with Crippen molar-refractivity contribution < 1.29 is 28.1 Å². The molecule has 2 aromatic rings. The molecule has 38 heavy (non-hydrogen) atoms. The van der Waals surface area contributed by atoms with E-state index in [-0.39, 0.29) is 28.5 Å².